The van der Waals surface area contributed by atoms with Gasteiger partial charge in [-0.1, -0.05) is 13.8 Å². The zero-order chi connectivity index (χ0) is 18.2. The molecule has 3 atom stereocenters. The molecule has 10 heteroatoms. The van der Waals surface area contributed by atoms with Gasteiger partial charge in [-0.2, -0.15) is 0 Å². The van der Waals surface area contributed by atoms with Crippen LogP contribution in [0.4, 0.5) is 0 Å². The number of hydrogen-bond acceptors (Lipinski definition) is 6. The molecule has 0 aliphatic heterocycles. The number of rotatable bonds is 9. The van der Waals surface area contributed by atoms with Gasteiger partial charge in [-0.25, -0.2) is 4.79 Å². The quantitative estimate of drug-likeness (QED) is 0.264. The summed E-state index contributed by atoms with van der Waals surface area (Å²) < 4.78 is 0. The third-order valence-corrected chi connectivity index (χ3v) is 2.94. The lowest BCUT2D eigenvalue weighted by Gasteiger charge is -2.18. The number of carboxylic acids is 1. The SMILES string of the molecule is CC(C)C(NC(=O)CNC(=O)CNC(=O)C(N)C(C)O)C(=O)O. The zero-order valence-electron chi connectivity index (χ0n) is 13.3. The second-order valence-corrected chi connectivity index (χ2v) is 5.39. The zero-order valence-corrected chi connectivity index (χ0v) is 13.3. The van der Waals surface area contributed by atoms with Crippen molar-refractivity contribution in [3.8, 4) is 0 Å². The van der Waals surface area contributed by atoms with E-state index in [2.05, 4.69) is 16.0 Å². The first kappa shape index (κ1) is 20.8. The summed E-state index contributed by atoms with van der Waals surface area (Å²) in [6, 6.07) is -2.21. The molecule has 0 saturated heterocycles. The van der Waals surface area contributed by atoms with Gasteiger partial charge in [0.15, 0.2) is 0 Å². The second kappa shape index (κ2) is 9.74. The smallest absolute Gasteiger partial charge is 0.326 e. The van der Waals surface area contributed by atoms with Crippen LogP contribution in [0.5, 0.6) is 0 Å². The molecule has 0 aromatic carbocycles. The summed E-state index contributed by atoms with van der Waals surface area (Å²) in [6.07, 6.45) is -1.06. The number of carbonyl (C=O) groups excluding carboxylic acids is 3. The number of aliphatic hydroxyl groups is 1. The Morgan fingerprint density at radius 3 is 1.96 bits per heavy atom. The third kappa shape index (κ3) is 8.12. The van der Waals surface area contributed by atoms with E-state index >= 15 is 0 Å². The van der Waals surface area contributed by atoms with E-state index in [9.17, 15) is 19.2 Å². The summed E-state index contributed by atoms with van der Waals surface area (Å²) >= 11 is 0. The molecule has 0 aromatic rings. The highest BCUT2D eigenvalue weighted by molar-refractivity contribution is 5.90. The summed E-state index contributed by atoms with van der Waals surface area (Å²) in [7, 11) is 0. The largest absolute Gasteiger partial charge is 0.480 e. The molecule has 0 radical (unpaired) electrons. The van der Waals surface area contributed by atoms with Crippen LogP contribution >= 0.6 is 0 Å². The first-order chi connectivity index (χ1) is 10.6. The van der Waals surface area contributed by atoms with Crippen LogP contribution < -0.4 is 21.7 Å². The van der Waals surface area contributed by atoms with Crippen molar-refractivity contribution < 1.29 is 29.4 Å². The molecule has 132 valence electrons. The standard InChI is InChI=1S/C13H24N4O6/c1-6(2)11(13(22)23)17-9(20)5-15-8(19)4-16-12(21)10(14)7(3)18/h6-7,10-11,18H,4-5,14H2,1-3H3,(H,15,19)(H,16,21)(H,17,20)(H,22,23). The second-order valence-electron chi connectivity index (χ2n) is 5.39. The highest BCUT2D eigenvalue weighted by atomic mass is 16.4. The summed E-state index contributed by atoms with van der Waals surface area (Å²) in [6.45, 7) is 3.77. The first-order valence-corrected chi connectivity index (χ1v) is 7.06. The van der Waals surface area contributed by atoms with E-state index in [4.69, 9.17) is 15.9 Å². The summed E-state index contributed by atoms with van der Waals surface area (Å²) in [5, 5.41) is 24.8. The average molecular weight is 332 g/mol. The normalized spacial score (nSPS) is 14.5. The average Bonchev–Trinajstić information content (AvgIpc) is 2.46. The Morgan fingerprint density at radius 1 is 1.00 bits per heavy atom. The Kier molecular flexibility index (Phi) is 8.81. The van der Waals surface area contributed by atoms with Crippen LogP contribution in [0, 0.1) is 5.92 Å². The molecule has 3 amide bonds. The van der Waals surface area contributed by atoms with Crippen LogP contribution in [0.3, 0.4) is 0 Å². The van der Waals surface area contributed by atoms with Gasteiger partial charge in [-0.05, 0) is 12.8 Å². The van der Waals surface area contributed by atoms with Crippen molar-refractivity contribution in [2.75, 3.05) is 13.1 Å². The van der Waals surface area contributed by atoms with Crippen molar-refractivity contribution in [1.82, 2.24) is 16.0 Å². The molecule has 0 rings (SSSR count). The lowest BCUT2D eigenvalue weighted by molar-refractivity contribution is -0.143. The monoisotopic (exact) mass is 332 g/mol. The number of nitrogens with one attached hydrogen (secondary N) is 3. The summed E-state index contributed by atoms with van der Waals surface area (Å²) in [5.41, 5.74) is 5.37. The Bertz CT molecular complexity index is 452. The Morgan fingerprint density at radius 2 is 1.52 bits per heavy atom. The van der Waals surface area contributed by atoms with Gasteiger partial charge in [0.05, 0.1) is 19.2 Å². The van der Waals surface area contributed by atoms with Crippen LogP contribution in [-0.4, -0.2) is 65.2 Å². The van der Waals surface area contributed by atoms with Gasteiger partial charge in [-0.15, -0.1) is 0 Å². The van der Waals surface area contributed by atoms with Gasteiger partial charge in [0.1, 0.15) is 12.1 Å². The van der Waals surface area contributed by atoms with Crippen LogP contribution in [0.1, 0.15) is 20.8 Å². The number of nitrogens with two attached hydrogens (primary N) is 1. The number of carbonyl (C=O) groups is 4. The first-order valence-electron chi connectivity index (χ1n) is 7.06. The molecule has 0 aliphatic carbocycles. The van der Waals surface area contributed by atoms with E-state index in [0.717, 1.165) is 0 Å². The van der Waals surface area contributed by atoms with Crippen LogP contribution in [0.2, 0.25) is 0 Å². The van der Waals surface area contributed by atoms with E-state index in [1.54, 1.807) is 13.8 Å². The minimum Gasteiger partial charge on any atom is -0.480 e. The van der Waals surface area contributed by atoms with Crippen molar-refractivity contribution in [2.45, 2.75) is 39.0 Å². The fraction of sp³-hybridized carbons (Fsp3) is 0.692. The maximum absolute atomic E-state index is 11.6. The third-order valence-electron chi connectivity index (χ3n) is 2.94. The molecule has 7 N–H and O–H groups in total. The van der Waals surface area contributed by atoms with Crippen molar-refractivity contribution in [3.63, 3.8) is 0 Å². The van der Waals surface area contributed by atoms with Crippen molar-refractivity contribution >= 4 is 23.7 Å². The van der Waals surface area contributed by atoms with Gasteiger partial charge in [0.25, 0.3) is 0 Å². The Labute approximate surface area is 133 Å². The predicted octanol–water partition coefficient (Wildman–Crippen LogP) is -2.85. The van der Waals surface area contributed by atoms with Gasteiger partial charge in [0.2, 0.25) is 17.7 Å². The van der Waals surface area contributed by atoms with Crippen molar-refractivity contribution in [2.24, 2.45) is 11.7 Å². The van der Waals surface area contributed by atoms with Gasteiger partial charge in [0, 0.05) is 0 Å². The molecular weight excluding hydrogens is 308 g/mol. The van der Waals surface area contributed by atoms with Crippen molar-refractivity contribution in [3.05, 3.63) is 0 Å². The van der Waals surface area contributed by atoms with Crippen LogP contribution in [-0.2, 0) is 19.2 Å². The number of hydrogen-bond donors (Lipinski definition) is 6. The van der Waals surface area contributed by atoms with Gasteiger partial charge in [-0.3, -0.25) is 14.4 Å². The molecule has 3 unspecified atom stereocenters. The highest BCUT2D eigenvalue weighted by Crippen LogP contribution is 2.00. The number of carboxylic acid groups (broad SMARTS) is 1. The van der Waals surface area contributed by atoms with Crippen LogP contribution in [0.15, 0.2) is 0 Å². The topological polar surface area (TPSA) is 171 Å². The minimum atomic E-state index is -1.17. The Balaban J connectivity index is 4.17. The maximum atomic E-state index is 11.6. The lowest BCUT2D eigenvalue weighted by Crippen LogP contribution is -2.51. The lowest BCUT2D eigenvalue weighted by atomic mass is 10.1. The molecule has 0 aliphatic rings. The van der Waals surface area contributed by atoms with E-state index < -0.39 is 55.0 Å². The number of aliphatic hydroxyl groups excluding tert-OH is 1. The predicted molar refractivity (Wildman–Crippen MR) is 80.1 cm³/mol. The minimum absolute atomic E-state index is 0.312. The fourth-order valence-corrected chi connectivity index (χ4v) is 1.48. The fourth-order valence-electron chi connectivity index (χ4n) is 1.48. The van der Waals surface area contributed by atoms with Gasteiger partial charge < -0.3 is 31.9 Å². The molecule has 0 saturated carbocycles. The molecule has 23 heavy (non-hydrogen) atoms. The summed E-state index contributed by atoms with van der Waals surface area (Å²) in [4.78, 5) is 45.4. The molecule has 0 fully saturated rings. The van der Waals surface area contributed by atoms with E-state index in [-0.39, 0.29) is 5.92 Å². The Hall–Kier alpha value is -2.20. The number of aliphatic carboxylic acids is 1. The maximum Gasteiger partial charge on any atom is 0.326 e. The van der Waals surface area contributed by atoms with E-state index in [0.29, 0.717) is 0 Å². The van der Waals surface area contributed by atoms with E-state index in [1.165, 1.54) is 6.92 Å². The number of amides is 3. The summed E-state index contributed by atoms with van der Waals surface area (Å²) in [5.74, 6) is -3.49. The van der Waals surface area contributed by atoms with Crippen molar-refractivity contribution in [1.29, 1.82) is 0 Å². The molecule has 0 heterocycles. The molecular formula is C13H24N4O6. The molecule has 0 bridgehead atoms. The van der Waals surface area contributed by atoms with E-state index in [1.807, 2.05) is 0 Å². The highest BCUT2D eigenvalue weighted by Gasteiger charge is 2.23. The van der Waals surface area contributed by atoms with Gasteiger partial charge >= 0.3 is 5.97 Å². The molecule has 0 spiro atoms. The molecule has 0 aromatic heterocycles. The molecule has 10 nitrogen and oxygen atoms in total. The van der Waals surface area contributed by atoms with Crippen LogP contribution in [0.25, 0.3) is 0 Å².